The molecule has 1 aromatic carbocycles. The van der Waals surface area contributed by atoms with Gasteiger partial charge in [-0.15, -0.1) is 0 Å². The summed E-state index contributed by atoms with van der Waals surface area (Å²) in [5.74, 6) is -0.639. The number of nitrogens with zero attached hydrogens (tertiary/aromatic N) is 1. The zero-order valence-electron chi connectivity index (χ0n) is 12.1. The third-order valence-electron chi connectivity index (χ3n) is 3.87. The summed E-state index contributed by atoms with van der Waals surface area (Å²) in [6.07, 6.45) is 3.05. The molecular weight excluding hydrogens is 290 g/mol. The van der Waals surface area contributed by atoms with Crippen LogP contribution in [0, 0.1) is 0 Å². The molecule has 1 amide bonds. The average Bonchev–Trinajstić information content (AvgIpc) is 2.84. The summed E-state index contributed by atoms with van der Waals surface area (Å²) < 4.78 is 27.0. The van der Waals surface area contributed by atoms with Gasteiger partial charge in [0.25, 0.3) is 0 Å². The van der Waals surface area contributed by atoms with Crippen molar-refractivity contribution < 1.29 is 13.2 Å². The van der Waals surface area contributed by atoms with Gasteiger partial charge in [-0.25, -0.2) is 13.1 Å². The van der Waals surface area contributed by atoms with E-state index in [4.69, 9.17) is 5.73 Å². The summed E-state index contributed by atoms with van der Waals surface area (Å²) in [6, 6.07) is 6.20. The van der Waals surface area contributed by atoms with Crippen LogP contribution in [-0.4, -0.2) is 45.4 Å². The molecule has 3 N–H and O–H groups in total. The number of primary amides is 1. The maximum Gasteiger partial charge on any atom is 0.248 e. The first-order valence-corrected chi connectivity index (χ1v) is 8.48. The minimum absolute atomic E-state index is 0.0681. The molecule has 1 aliphatic heterocycles. The van der Waals surface area contributed by atoms with Crippen molar-refractivity contribution in [3.63, 3.8) is 0 Å². The number of nitrogens with two attached hydrogens (primary N) is 1. The number of rotatable bonds is 6. The van der Waals surface area contributed by atoms with E-state index in [2.05, 4.69) is 16.7 Å². The molecule has 1 fully saturated rings. The van der Waals surface area contributed by atoms with Crippen LogP contribution in [0.4, 0.5) is 0 Å². The molecule has 21 heavy (non-hydrogen) atoms. The average molecular weight is 311 g/mol. The van der Waals surface area contributed by atoms with Gasteiger partial charge in [0.15, 0.2) is 0 Å². The number of hydrogen-bond donors (Lipinski definition) is 2. The molecule has 1 unspecified atom stereocenters. The molecule has 0 spiro atoms. The summed E-state index contributed by atoms with van der Waals surface area (Å²) in [4.78, 5) is 13.4. The van der Waals surface area contributed by atoms with Gasteiger partial charge in [-0.1, -0.05) is 6.07 Å². The molecule has 116 valence electrons. The third kappa shape index (κ3) is 4.03. The highest BCUT2D eigenvalue weighted by molar-refractivity contribution is 7.89. The topological polar surface area (TPSA) is 92.5 Å². The second-order valence-electron chi connectivity index (χ2n) is 5.36. The van der Waals surface area contributed by atoms with E-state index in [0.717, 1.165) is 25.8 Å². The minimum atomic E-state index is -3.60. The first-order valence-electron chi connectivity index (χ1n) is 7.00. The Morgan fingerprint density at radius 1 is 1.48 bits per heavy atom. The second kappa shape index (κ2) is 6.55. The lowest BCUT2D eigenvalue weighted by molar-refractivity contribution is 0.1000. The zero-order valence-corrected chi connectivity index (χ0v) is 12.9. The largest absolute Gasteiger partial charge is 0.366 e. The monoisotopic (exact) mass is 311 g/mol. The van der Waals surface area contributed by atoms with Crippen LogP contribution in [0.25, 0.3) is 0 Å². The molecule has 1 saturated heterocycles. The predicted molar refractivity (Wildman–Crippen MR) is 80.4 cm³/mol. The van der Waals surface area contributed by atoms with Gasteiger partial charge in [-0.2, -0.15) is 0 Å². The maximum absolute atomic E-state index is 12.2. The lowest BCUT2D eigenvalue weighted by atomic mass is 10.1. The van der Waals surface area contributed by atoms with Gasteiger partial charge in [0.1, 0.15) is 0 Å². The number of benzene rings is 1. The van der Waals surface area contributed by atoms with Gasteiger partial charge in [-0.05, 0) is 51.1 Å². The van der Waals surface area contributed by atoms with E-state index in [1.165, 1.54) is 24.3 Å². The van der Waals surface area contributed by atoms with Crippen molar-refractivity contribution in [2.24, 2.45) is 5.73 Å². The first kappa shape index (κ1) is 15.9. The molecule has 1 aromatic rings. The fraction of sp³-hybridized carbons (Fsp3) is 0.500. The van der Waals surface area contributed by atoms with Crippen LogP contribution in [0.15, 0.2) is 29.2 Å². The summed E-state index contributed by atoms with van der Waals surface area (Å²) in [5, 5.41) is 0. The van der Waals surface area contributed by atoms with Crippen LogP contribution in [0.5, 0.6) is 0 Å². The van der Waals surface area contributed by atoms with E-state index < -0.39 is 15.9 Å². The van der Waals surface area contributed by atoms with Crippen LogP contribution in [-0.2, 0) is 10.0 Å². The van der Waals surface area contributed by atoms with Crippen molar-refractivity contribution in [1.82, 2.24) is 9.62 Å². The Labute approximate surface area is 125 Å². The Balaban J connectivity index is 1.98. The summed E-state index contributed by atoms with van der Waals surface area (Å²) in [5.41, 5.74) is 5.35. The van der Waals surface area contributed by atoms with Gasteiger partial charge in [0, 0.05) is 18.2 Å². The van der Waals surface area contributed by atoms with Crippen molar-refractivity contribution in [2.75, 3.05) is 20.1 Å². The molecule has 0 radical (unpaired) electrons. The van der Waals surface area contributed by atoms with Gasteiger partial charge < -0.3 is 10.6 Å². The van der Waals surface area contributed by atoms with E-state index in [9.17, 15) is 13.2 Å². The third-order valence-corrected chi connectivity index (χ3v) is 5.33. The van der Waals surface area contributed by atoms with Crippen LogP contribution < -0.4 is 10.5 Å². The van der Waals surface area contributed by atoms with Gasteiger partial charge in [0.05, 0.1) is 4.90 Å². The summed E-state index contributed by atoms with van der Waals surface area (Å²) in [6.45, 7) is 1.45. The normalized spacial score (nSPS) is 19.8. The number of hydrogen-bond acceptors (Lipinski definition) is 4. The SMILES string of the molecule is CN1CCCC1CCNS(=O)(=O)c1cccc(C(N)=O)c1. The molecule has 1 heterocycles. The van der Waals surface area contributed by atoms with E-state index in [1.807, 2.05) is 0 Å². The van der Waals surface area contributed by atoms with Gasteiger partial charge >= 0.3 is 0 Å². The van der Waals surface area contributed by atoms with Crippen molar-refractivity contribution in [1.29, 1.82) is 0 Å². The van der Waals surface area contributed by atoms with Gasteiger partial charge in [-0.3, -0.25) is 4.79 Å². The Morgan fingerprint density at radius 2 is 2.24 bits per heavy atom. The molecular formula is C14H21N3O3S. The number of carbonyl (C=O) groups is 1. The molecule has 2 rings (SSSR count). The van der Waals surface area contributed by atoms with E-state index in [1.54, 1.807) is 0 Å². The predicted octanol–water partition coefficient (Wildman–Crippen LogP) is 0.548. The molecule has 0 aromatic heterocycles. The molecule has 1 atom stereocenters. The molecule has 1 aliphatic rings. The van der Waals surface area contributed by atoms with Crippen LogP contribution in [0.1, 0.15) is 29.6 Å². The lowest BCUT2D eigenvalue weighted by Gasteiger charge is -2.19. The highest BCUT2D eigenvalue weighted by atomic mass is 32.2. The number of sulfonamides is 1. The Hall–Kier alpha value is -1.44. The molecule has 6 nitrogen and oxygen atoms in total. The standard InChI is InChI=1S/C14H21N3O3S/c1-17-9-3-5-12(17)7-8-16-21(19,20)13-6-2-4-11(10-13)14(15)18/h2,4,6,10,12,16H,3,5,7-9H2,1H3,(H2,15,18). The van der Waals surface area contributed by atoms with Gasteiger partial charge in [0.2, 0.25) is 15.9 Å². The van der Waals surface area contributed by atoms with Crippen molar-refractivity contribution in [3.8, 4) is 0 Å². The number of likely N-dealkylation sites (tertiary alicyclic amines) is 1. The highest BCUT2D eigenvalue weighted by Gasteiger charge is 2.21. The number of amides is 1. The maximum atomic E-state index is 12.2. The summed E-state index contributed by atoms with van der Waals surface area (Å²) >= 11 is 0. The molecule has 7 heteroatoms. The fourth-order valence-electron chi connectivity index (χ4n) is 2.60. The van der Waals surface area contributed by atoms with Crippen molar-refractivity contribution in [2.45, 2.75) is 30.2 Å². The van der Waals surface area contributed by atoms with Crippen LogP contribution in [0.2, 0.25) is 0 Å². The summed E-state index contributed by atoms with van der Waals surface area (Å²) in [7, 11) is -1.54. The minimum Gasteiger partial charge on any atom is -0.366 e. The lowest BCUT2D eigenvalue weighted by Crippen LogP contribution is -2.32. The van der Waals surface area contributed by atoms with Crippen LogP contribution in [0.3, 0.4) is 0 Å². The molecule has 0 aliphatic carbocycles. The Morgan fingerprint density at radius 3 is 2.86 bits per heavy atom. The van der Waals surface area contributed by atoms with Crippen molar-refractivity contribution in [3.05, 3.63) is 29.8 Å². The van der Waals surface area contributed by atoms with E-state index in [0.29, 0.717) is 12.6 Å². The van der Waals surface area contributed by atoms with E-state index >= 15 is 0 Å². The molecule has 0 saturated carbocycles. The Kier molecular flexibility index (Phi) is 4.97. The number of nitrogens with one attached hydrogen (secondary N) is 1. The number of carbonyl (C=O) groups excluding carboxylic acids is 1. The van der Waals surface area contributed by atoms with Crippen molar-refractivity contribution >= 4 is 15.9 Å². The quantitative estimate of drug-likeness (QED) is 0.802. The van der Waals surface area contributed by atoms with E-state index in [-0.39, 0.29) is 10.5 Å². The Bertz CT molecular complexity index is 616. The fourth-order valence-corrected chi connectivity index (χ4v) is 3.70. The smallest absolute Gasteiger partial charge is 0.248 e. The highest BCUT2D eigenvalue weighted by Crippen LogP contribution is 2.17. The molecule has 0 bridgehead atoms. The first-order chi connectivity index (χ1) is 9.90. The zero-order chi connectivity index (χ0) is 15.5. The second-order valence-corrected chi connectivity index (χ2v) is 7.12. The van der Waals surface area contributed by atoms with Crippen LogP contribution >= 0.6 is 0 Å².